The van der Waals surface area contributed by atoms with E-state index < -0.39 is 0 Å². The smallest absolute Gasteiger partial charge is 0.169 e. The van der Waals surface area contributed by atoms with E-state index in [1.54, 1.807) is 6.20 Å². The summed E-state index contributed by atoms with van der Waals surface area (Å²) < 4.78 is 5.97. The molecule has 144 valence electrons. The Bertz CT molecular complexity index is 981. The van der Waals surface area contributed by atoms with Gasteiger partial charge in [0.1, 0.15) is 18.1 Å². The first-order valence-corrected chi connectivity index (χ1v) is 10.0. The number of Topliss-reactive ketones (excluding diaryl/α,β-unsaturated/α-hetero) is 1. The number of carbonyl (C=O) groups is 1. The second-order valence-electron chi connectivity index (χ2n) is 7.31. The largest absolute Gasteiger partial charge is 0.487 e. The lowest BCUT2D eigenvalue weighted by molar-refractivity contribution is 0.0913. The molecule has 0 saturated carbocycles. The van der Waals surface area contributed by atoms with E-state index >= 15 is 0 Å². The van der Waals surface area contributed by atoms with Gasteiger partial charge in [0.15, 0.2) is 5.78 Å². The number of nitrogens with one attached hydrogen (secondary N) is 1. The Kier molecular flexibility index (Phi) is 5.51. The van der Waals surface area contributed by atoms with Gasteiger partial charge in [0, 0.05) is 34.5 Å². The van der Waals surface area contributed by atoms with Crippen LogP contribution < -0.4 is 10.1 Å². The minimum atomic E-state index is 0.0539. The zero-order chi connectivity index (χ0) is 19.3. The molecule has 0 amide bonds. The first-order chi connectivity index (χ1) is 13.8. The molecule has 0 spiro atoms. The summed E-state index contributed by atoms with van der Waals surface area (Å²) in [6.45, 7) is 3.22. The molecule has 0 saturated heterocycles. The number of fused-ring (bicyclic) bond motifs is 2. The highest BCUT2D eigenvalue weighted by atomic mass is 16.5. The van der Waals surface area contributed by atoms with Crippen LogP contribution in [0.1, 0.15) is 48.7 Å². The number of hydrogen-bond donors (Lipinski definition) is 1. The molecule has 2 aromatic carbocycles. The van der Waals surface area contributed by atoms with Crippen molar-refractivity contribution in [2.24, 2.45) is 5.92 Å². The van der Waals surface area contributed by atoms with Crippen LogP contribution in [0.5, 0.6) is 5.75 Å². The first kappa shape index (κ1) is 18.4. The van der Waals surface area contributed by atoms with Crippen LogP contribution >= 0.6 is 0 Å². The number of benzene rings is 2. The van der Waals surface area contributed by atoms with Gasteiger partial charge in [-0.1, -0.05) is 50.5 Å². The Morgan fingerprint density at radius 3 is 2.96 bits per heavy atom. The van der Waals surface area contributed by atoms with Crippen LogP contribution in [0.25, 0.3) is 10.8 Å². The number of anilines is 1. The number of ketones is 1. The maximum atomic E-state index is 12.9. The van der Waals surface area contributed by atoms with Crippen LogP contribution in [0.4, 0.5) is 5.69 Å². The lowest BCUT2D eigenvalue weighted by Crippen LogP contribution is -2.29. The summed E-state index contributed by atoms with van der Waals surface area (Å²) in [5.74, 6) is 0.955. The number of unbranched alkanes of at least 4 members (excludes halogenated alkanes) is 2. The minimum Gasteiger partial charge on any atom is -0.487 e. The van der Waals surface area contributed by atoms with Crippen molar-refractivity contribution in [2.75, 3.05) is 11.9 Å². The Hall–Kier alpha value is -2.95. The molecule has 1 N–H and O–H groups in total. The monoisotopic (exact) mass is 375 g/mol. The number of hydrogen-bond acceptors (Lipinski definition) is 5. The van der Waals surface area contributed by atoms with E-state index in [2.05, 4.69) is 22.4 Å². The van der Waals surface area contributed by atoms with Crippen molar-refractivity contribution in [3.8, 4) is 5.75 Å². The van der Waals surface area contributed by atoms with Gasteiger partial charge in [-0.2, -0.15) is 10.2 Å². The highest BCUT2D eigenvalue weighted by Crippen LogP contribution is 2.31. The molecule has 3 aromatic rings. The molecule has 1 aliphatic heterocycles. The first-order valence-electron chi connectivity index (χ1n) is 10.0. The molecule has 2 heterocycles. The number of ether oxygens (including phenoxy) is 1. The average Bonchev–Trinajstić information content (AvgIpc) is 2.74. The molecule has 1 unspecified atom stereocenters. The molecule has 5 heteroatoms. The maximum Gasteiger partial charge on any atom is 0.169 e. The van der Waals surface area contributed by atoms with Gasteiger partial charge < -0.3 is 10.1 Å². The maximum absolute atomic E-state index is 12.9. The Balaban J connectivity index is 1.49. The van der Waals surface area contributed by atoms with Crippen molar-refractivity contribution < 1.29 is 9.53 Å². The van der Waals surface area contributed by atoms with Crippen LogP contribution in [0.15, 0.2) is 48.7 Å². The molecule has 5 nitrogen and oxygen atoms in total. The highest BCUT2D eigenvalue weighted by molar-refractivity contribution is 6.05. The second kappa shape index (κ2) is 8.38. The van der Waals surface area contributed by atoms with E-state index in [-0.39, 0.29) is 11.7 Å². The third kappa shape index (κ3) is 3.84. The van der Waals surface area contributed by atoms with Gasteiger partial charge in [0.25, 0.3) is 0 Å². The summed E-state index contributed by atoms with van der Waals surface area (Å²) in [6.07, 6.45) is 6.13. The average molecular weight is 375 g/mol. The summed E-state index contributed by atoms with van der Waals surface area (Å²) in [5, 5.41) is 13.7. The fourth-order valence-corrected chi connectivity index (χ4v) is 3.74. The quantitative estimate of drug-likeness (QED) is 0.588. The minimum absolute atomic E-state index is 0.0539. The fourth-order valence-electron chi connectivity index (χ4n) is 3.74. The van der Waals surface area contributed by atoms with Crippen molar-refractivity contribution in [1.29, 1.82) is 0 Å². The van der Waals surface area contributed by atoms with E-state index in [4.69, 9.17) is 4.74 Å². The van der Waals surface area contributed by atoms with Gasteiger partial charge in [0.2, 0.25) is 0 Å². The summed E-state index contributed by atoms with van der Waals surface area (Å²) in [4.78, 5) is 12.9. The summed E-state index contributed by atoms with van der Waals surface area (Å²) in [5.41, 5.74) is 2.42. The van der Waals surface area contributed by atoms with Crippen molar-refractivity contribution in [1.82, 2.24) is 10.2 Å². The summed E-state index contributed by atoms with van der Waals surface area (Å²) in [7, 11) is 0. The topological polar surface area (TPSA) is 64.1 Å². The zero-order valence-electron chi connectivity index (χ0n) is 16.1. The SMILES string of the molecule is CCCCCC1CNc2ccc(OCc3nncc4ccccc34)cc2C1=O. The van der Waals surface area contributed by atoms with Crippen LogP contribution in [-0.2, 0) is 6.61 Å². The molecule has 0 bridgehead atoms. The lowest BCUT2D eigenvalue weighted by atomic mass is 9.88. The molecule has 0 radical (unpaired) electrons. The van der Waals surface area contributed by atoms with Crippen LogP contribution in [0, 0.1) is 5.92 Å². The molecule has 0 aliphatic carbocycles. The van der Waals surface area contributed by atoms with Crippen molar-refractivity contribution in [3.05, 3.63) is 59.9 Å². The van der Waals surface area contributed by atoms with Crippen molar-refractivity contribution >= 4 is 22.2 Å². The van der Waals surface area contributed by atoms with Gasteiger partial charge in [-0.15, -0.1) is 0 Å². The standard InChI is InChI=1S/C23H25N3O2/c1-2-3-4-8-17-13-24-21-11-10-18(12-20(21)23(17)27)28-15-22-19-9-6-5-7-16(19)14-25-26-22/h5-7,9-12,14,17,24H,2-4,8,13,15H2,1H3. The van der Waals surface area contributed by atoms with E-state index in [0.29, 0.717) is 12.4 Å². The van der Waals surface area contributed by atoms with Crippen LogP contribution in [-0.4, -0.2) is 22.5 Å². The molecule has 4 rings (SSSR count). The Labute approximate surface area is 165 Å². The van der Waals surface area contributed by atoms with Gasteiger partial charge in [0.05, 0.1) is 6.20 Å². The third-order valence-corrected chi connectivity index (χ3v) is 5.34. The molecule has 1 aromatic heterocycles. The van der Waals surface area contributed by atoms with E-state index in [1.165, 1.54) is 12.8 Å². The fraction of sp³-hybridized carbons (Fsp3) is 0.348. The van der Waals surface area contributed by atoms with Gasteiger partial charge in [-0.05, 0) is 24.6 Å². The zero-order valence-corrected chi connectivity index (χ0v) is 16.1. The summed E-state index contributed by atoms with van der Waals surface area (Å²) >= 11 is 0. The highest BCUT2D eigenvalue weighted by Gasteiger charge is 2.27. The molecular formula is C23H25N3O2. The molecule has 1 atom stereocenters. The normalized spacial score (nSPS) is 15.9. The second-order valence-corrected chi connectivity index (χ2v) is 7.31. The number of carbonyl (C=O) groups excluding carboxylic acids is 1. The number of rotatable bonds is 7. The summed E-state index contributed by atoms with van der Waals surface area (Å²) in [6, 6.07) is 13.7. The third-order valence-electron chi connectivity index (χ3n) is 5.34. The Morgan fingerprint density at radius 1 is 1.18 bits per heavy atom. The lowest BCUT2D eigenvalue weighted by Gasteiger charge is -2.25. The predicted molar refractivity (Wildman–Crippen MR) is 111 cm³/mol. The van der Waals surface area contributed by atoms with Gasteiger partial charge >= 0.3 is 0 Å². The predicted octanol–water partition coefficient (Wildman–Crippen LogP) is 5.01. The van der Waals surface area contributed by atoms with Crippen molar-refractivity contribution in [3.63, 3.8) is 0 Å². The van der Waals surface area contributed by atoms with Crippen LogP contribution in [0.2, 0.25) is 0 Å². The van der Waals surface area contributed by atoms with E-state index in [1.807, 2.05) is 42.5 Å². The molecule has 1 aliphatic rings. The van der Waals surface area contributed by atoms with Crippen molar-refractivity contribution in [2.45, 2.75) is 39.2 Å². The molecule has 28 heavy (non-hydrogen) atoms. The van der Waals surface area contributed by atoms with Gasteiger partial charge in [-0.3, -0.25) is 4.79 Å². The number of nitrogens with zero attached hydrogens (tertiary/aromatic N) is 2. The van der Waals surface area contributed by atoms with Gasteiger partial charge in [-0.25, -0.2) is 0 Å². The Morgan fingerprint density at radius 2 is 2.07 bits per heavy atom. The molecule has 0 fully saturated rings. The van der Waals surface area contributed by atoms with E-state index in [9.17, 15) is 4.79 Å². The number of aromatic nitrogens is 2. The molecular weight excluding hydrogens is 350 g/mol. The van der Waals surface area contributed by atoms with E-state index in [0.717, 1.165) is 47.1 Å². The van der Waals surface area contributed by atoms with Crippen LogP contribution in [0.3, 0.4) is 0 Å².